The number of pyridine rings is 1. The number of nitrogens with one attached hydrogen (secondary N) is 2. The third kappa shape index (κ3) is 5.34. The van der Waals surface area contributed by atoms with Gasteiger partial charge >= 0.3 is 0 Å². The highest BCUT2D eigenvalue weighted by molar-refractivity contribution is 5.94. The molecule has 5 heteroatoms. The van der Waals surface area contributed by atoms with Crippen molar-refractivity contribution in [3.63, 3.8) is 0 Å². The fourth-order valence-corrected chi connectivity index (χ4v) is 2.38. The van der Waals surface area contributed by atoms with Crippen molar-refractivity contribution in [2.24, 2.45) is 0 Å². The van der Waals surface area contributed by atoms with E-state index in [1.807, 2.05) is 6.07 Å². The van der Waals surface area contributed by atoms with Gasteiger partial charge in [-0.2, -0.15) is 0 Å². The fraction of sp³-hybridized carbons (Fsp3) is 0.625. The van der Waals surface area contributed by atoms with Crippen LogP contribution in [0, 0.1) is 0 Å². The second kappa shape index (κ2) is 8.62. The quantitative estimate of drug-likeness (QED) is 0.723. The van der Waals surface area contributed by atoms with Crippen LogP contribution in [0.5, 0.6) is 0 Å². The highest BCUT2D eigenvalue weighted by Crippen LogP contribution is 2.12. The summed E-state index contributed by atoms with van der Waals surface area (Å²) in [5.74, 6) is -0.0878. The maximum Gasteiger partial charge on any atom is 0.253 e. The van der Waals surface area contributed by atoms with E-state index in [1.165, 1.54) is 12.8 Å². The summed E-state index contributed by atoms with van der Waals surface area (Å²) >= 11 is 0. The van der Waals surface area contributed by atoms with E-state index < -0.39 is 0 Å². The number of unbranched alkanes of at least 4 members (excludes halogenated alkanes) is 2. The molecule has 2 rings (SSSR count). The van der Waals surface area contributed by atoms with E-state index in [9.17, 15) is 4.79 Å². The van der Waals surface area contributed by atoms with Gasteiger partial charge in [-0.3, -0.25) is 9.78 Å². The zero-order valence-electron chi connectivity index (χ0n) is 12.7. The maximum atomic E-state index is 12.1. The number of rotatable bonds is 8. The monoisotopic (exact) mass is 291 g/mol. The topological polar surface area (TPSA) is 63.2 Å². The van der Waals surface area contributed by atoms with Gasteiger partial charge in [0, 0.05) is 32.1 Å². The molecule has 1 aliphatic heterocycles. The van der Waals surface area contributed by atoms with Crippen molar-refractivity contribution >= 4 is 11.6 Å². The van der Waals surface area contributed by atoms with Gasteiger partial charge in [0.1, 0.15) is 0 Å². The van der Waals surface area contributed by atoms with Crippen molar-refractivity contribution in [2.45, 2.75) is 45.1 Å². The second-order valence-corrected chi connectivity index (χ2v) is 5.44. The SMILES string of the molecule is CCCCCNc1cncc(C(=O)NCC2CCCO2)c1. The van der Waals surface area contributed by atoms with E-state index in [1.54, 1.807) is 12.4 Å². The first-order valence-electron chi connectivity index (χ1n) is 7.88. The molecule has 21 heavy (non-hydrogen) atoms. The lowest BCUT2D eigenvalue weighted by molar-refractivity contribution is 0.0857. The Morgan fingerprint density at radius 2 is 2.33 bits per heavy atom. The highest BCUT2D eigenvalue weighted by atomic mass is 16.5. The van der Waals surface area contributed by atoms with Crippen LogP contribution in [0.2, 0.25) is 0 Å². The van der Waals surface area contributed by atoms with E-state index in [2.05, 4.69) is 22.5 Å². The summed E-state index contributed by atoms with van der Waals surface area (Å²) < 4.78 is 5.50. The van der Waals surface area contributed by atoms with E-state index in [4.69, 9.17) is 4.74 Å². The lowest BCUT2D eigenvalue weighted by Gasteiger charge is -2.11. The lowest BCUT2D eigenvalue weighted by Crippen LogP contribution is -2.31. The molecule has 5 nitrogen and oxygen atoms in total. The standard InChI is InChI=1S/C16H25N3O2/c1-2-3-4-7-18-14-9-13(10-17-11-14)16(20)19-12-15-6-5-8-21-15/h9-11,15,18H,2-8,12H2,1H3,(H,19,20). The molecule has 0 aromatic carbocycles. The normalized spacial score (nSPS) is 17.7. The molecule has 0 saturated carbocycles. The number of hydrogen-bond acceptors (Lipinski definition) is 4. The minimum absolute atomic E-state index is 0.0878. The number of aromatic nitrogens is 1. The Morgan fingerprint density at radius 1 is 1.43 bits per heavy atom. The molecule has 1 atom stereocenters. The Kier molecular flexibility index (Phi) is 6.47. The molecular formula is C16H25N3O2. The van der Waals surface area contributed by atoms with Crippen LogP contribution >= 0.6 is 0 Å². The smallest absolute Gasteiger partial charge is 0.253 e. The zero-order chi connectivity index (χ0) is 14.9. The van der Waals surface area contributed by atoms with Crippen LogP contribution in [0.15, 0.2) is 18.5 Å². The molecule has 1 saturated heterocycles. The summed E-state index contributed by atoms with van der Waals surface area (Å²) in [5, 5.41) is 6.22. The van der Waals surface area contributed by atoms with Gasteiger partial charge in [-0.15, -0.1) is 0 Å². The minimum atomic E-state index is -0.0878. The van der Waals surface area contributed by atoms with Gasteiger partial charge in [0.2, 0.25) is 0 Å². The first-order chi connectivity index (χ1) is 10.3. The molecule has 0 aliphatic carbocycles. The third-order valence-corrected chi connectivity index (χ3v) is 3.62. The number of amides is 1. The molecule has 1 aromatic heterocycles. The third-order valence-electron chi connectivity index (χ3n) is 3.62. The van der Waals surface area contributed by atoms with Gasteiger partial charge in [-0.05, 0) is 25.3 Å². The number of anilines is 1. The summed E-state index contributed by atoms with van der Waals surface area (Å²) in [4.78, 5) is 16.2. The summed E-state index contributed by atoms with van der Waals surface area (Å²) in [7, 11) is 0. The zero-order valence-corrected chi connectivity index (χ0v) is 12.7. The minimum Gasteiger partial charge on any atom is -0.384 e. The molecular weight excluding hydrogens is 266 g/mol. The molecule has 1 aliphatic rings. The van der Waals surface area contributed by atoms with Crippen molar-refractivity contribution in [1.29, 1.82) is 0 Å². The average Bonchev–Trinajstić information content (AvgIpc) is 3.03. The van der Waals surface area contributed by atoms with Crippen LogP contribution in [0.25, 0.3) is 0 Å². The predicted molar refractivity (Wildman–Crippen MR) is 83.6 cm³/mol. The first-order valence-corrected chi connectivity index (χ1v) is 7.88. The number of carbonyl (C=O) groups excluding carboxylic acids is 1. The van der Waals surface area contributed by atoms with E-state index in [0.717, 1.165) is 38.1 Å². The largest absolute Gasteiger partial charge is 0.384 e. The summed E-state index contributed by atoms with van der Waals surface area (Å²) in [5.41, 5.74) is 1.49. The molecule has 0 radical (unpaired) electrons. The maximum absolute atomic E-state index is 12.1. The van der Waals surface area contributed by atoms with Gasteiger partial charge in [-0.1, -0.05) is 19.8 Å². The molecule has 1 amide bonds. The molecule has 0 spiro atoms. The Bertz CT molecular complexity index is 445. The molecule has 1 unspecified atom stereocenters. The van der Waals surface area contributed by atoms with Crippen molar-refractivity contribution in [2.75, 3.05) is 25.0 Å². The van der Waals surface area contributed by atoms with Gasteiger partial charge in [0.15, 0.2) is 0 Å². The second-order valence-electron chi connectivity index (χ2n) is 5.44. The van der Waals surface area contributed by atoms with Crippen molar-refractivity contribution in [1.82, 2.24) is 10.3 Å². The van der Waals surface area contributed by atoms with Gasteiger partial charge in [-0.25, -0.2) is 0 Å². The Morgan fingerprint density at radius 3 is 3.10 bits per heavy atom. The van der Waals surface area contributed by atoms with E-state index in [0.29, 0.717) is 12.1 Å². The van der Waals surface area contributed by atoms with Crippen molar-refractivity contribution in [3.05, 3.63) is 24.0 Å². The van der Waals surface area contributed by atoms with Crippen LogP contribution < -0.4 is 10.6 Å². The Hall–Kier alpha value is -1.62. The van der Waals surface area contributed by atoms with Crippen LogP contribution in [0.4, 0.5) is 5.69 Å². The van der Waals surface area contributed by atoms with Gasteiger partial charge in [0.25, 0.3) is 5.91 Å². The number of nitrogens with zero attached hydrogens (tertiary/aromatic N) is 1. The van der Waals surface area contributed by atoms with Gasteiger partial charge in [0.05, 0.1) is 17.4 Å². The number of hydrogen-bond donors (Lipinski definition) is 2. The van der Waals surface area contributed by atoms with Crippen LogP contribution in [0.1, 0.15) is 49.4 Å². The highest BCUT2D eigenvalue weighted by Gasteiger charge is 2.16. The van der Waals surface area contributed by atoms with Crippen LogP contribution in [0.3, 0.4) is 0 Å². The fourth-order valence-electron chi connectivity index (χ4n) is 2.38. The van der Waals surface area contributed by atoms with E-state index >= 15 is 0 Å². The van der Waals surface area contributed by atoms with Crippen molar-refractivity contribution < 1.29 is 9.53 Å². The van der Waals surface area contributed by atoms with Gasteiger partial charge < -0.3 is 15.4 Å². The number of ether oxygens (including phenoxy) is 1. The van der Waals surface area contributed by atoms with E-state index in [-0.39, 0.29) is 12.0 Å². The molecule has 1 fully saturated rings. The lowest BCUT2D eigenvalue weighted by atomic mass is 10.2. The Balaban J connectivity index is 1.79. The van der Waals surface area contributed by atoms with Crippen LogP contribution in [-0.2, 0) is 4.74 Å². The molecule has 116 valence electrons. The van der Waals surface area contributed by atoms with Crippen LogP contribution in [-0.4, -0.2) is 36.7 Å². The summed E-state index contributed by atoms with van der Waals surface area (Å²) in [6, 6.07) is 1.85. The average molecular weight is 291 g/mol. The summed E-state index contributed by atoms with van der Waals surface area (Å²) in [6.45, 7) is 4.48. The molecule has 2 N–H and O–H groups in total. The Labute approximate surface area is 126 Å². The number of carbonyl (C=O) groups is 1. The molecule has 1 aromatic rings. The molecule has 0 bridgehead atoms. The molecule has 2 heterocycles. The predicted octanol–water partition coefficient (Wildman–Crippen LogP) is 2.59. The summed E-state index contributed by atoms with van der Waals surface area (Å²) in [6.07, 6.45) is 9.17. The van der Waals surface area contributed by atoms with Crippen molar-refractivity contribution in [3.8, 4) is 0 Å². The first kappa shape index (κ1) is 15.8.